The minimum atomic E-state index is -0.433. The number of carbonyl (C=O) groups is 1. The van der Waals surface area contributed by atoms with E-state index in [9.17, 15) is 4.79 Å². The predicted molar refractivity (Wildman–Crippen MR) is 72.4 cm³/mol. The molecular formula is C13H18ClN3O. The van der Waals surface area contributed by atoms with Crippen molar-refractivity contribution >= 4 is 23.2 Å². The Labute approximate surface area is 112 Å². The fraction of sp³-hybridized carbons (Fsp3) is 0.538. The third kappa shape index (κ3) is 2.65. The van der Waals surface area contributed by atoms with Crippen molar-refractivity contribution in [3.63, 3.8) is 0 Å². The monoisotopic (exact) mass is 267 g/mol. The van der Waals surface area contributed by atoms with Gasteiger partial charge in [-0.1, -0.05) is 30.9 Å². The number of nitrogens with zero attached hydrogens (tertiary/aromatic N) is 1. The lowest BCUT2D eigenvalue weighted by Gasteiger charge is -2.34. The average molecular weight is 268 g/mol. The van der Waals surface area contributed by atoms with Gasteiger partial charge in [-0.15, -0.1) is 0 Å². The minimum absolute atomic E-state index is 0.0281. The summed E-state index contributed by atoms with van der Waals surface area (Å²) in [4.78, 5) is 16.4. The van der Waals surface area contributed by atoms with Crippen molar-refractivity contribution in [3.8, 4) is 0 Å². The fourth-order valence-corrected chi connectivity index (χ4v) is 2.63. The van der Waals surface area contributed by atoms with Gasteiger partial charge in [-0.2, -0.15) is 0 Å². The summed E-state index contributed by atoms with van der Waals surface area (Å²) in [6.45, 7) is 0.386. The quantitative estimate of drug-likeness (QED) is 0.884. The third-order valence-corrected chi connectivity index (χ3v) is 4.03. The van der Waals surface area contributed by atoms with Gasteiger partial charge in [0.25, 0.3) is 0 Å². The zero-order valence-corrected chi connectivity index (χ0v) is 11.0. The van der Waals surface area contributed by atoms with E-state index in [1.165, 1.54) is 6.42 Å². The van der Waals surface area contributed by atoms with Crippen LogP contribution < -0.4 is 11.1 Å². The molecule has 0 spiro atoms. The van der Waals surface area contributed by atoms with E-state index in [1.807, 2.05) is 0 Å². The molecule has 98 valence electrons. The van der Waals surface area contributed by atoms with Crippen molar-refractivity contribution in [2.45, 2.75) is 32.1 Å². The predicted octanol–water partition coefficient (Wildman–Crippen LogP) is 2.58. The van der Waals surface area contributed by atoms with Crippen molar-refractivity contribution in [2.75, 3.05) is 11.9 Å². The topological polar surface area (TPSA) is 68.0 Å². The highest BCUT2D eigenvalue weighted by Gasteiger charge is 2.38. The molecule has 0 atom stereocenters. The van der Waals surface area contributed by atoms with Crippen LogP contribution in [-0.2, 0) is 4.79 Å². The highest BCUT2D eigenvalue weighted by atomic mass is 35.5. The molecule has 0 unspecified atom stereocenters. The zero-order chi connectivity index (χ0) is 13.0. The lowest BCUT2D eigenvalue weighted by Crippen LogP contribution is -2.43. The van der Waals surface area contributed by atoms with Crippen LogP contribution in [-0.4, -0.2) is 17.4 Å². The van der Waals surface area contributed by atoms with Crippen LogP contribution in [0.15, 0.2) is 18.5 Å². The number of amides is 1. The van der Waals surface area contributed by atoms with Crippen molar-refractivity contribution in [3.05, 3.63) is 23.5 Å². The van der Waals surface area contributed by atoms with Crippen LogP contribution in [0.1, 0.15) is 32.1 Å². The van der Waals surface area contributed by atoms with Gasteiger partial charge >= 0.3 is 0 Å². The Bertz CT molecular complexity index is 430. The van der Waals surface area contributed by atoms with Gasteiger partial charge in [0.15, 0.2) is 0 Å². The molecule has 1 amide bonds. The summed E-state index contributed by atoms with van der Waals surface area (Å²) < 4.78 is 0. The summed E-state index contributed by atoms with van der Waals surface area (Å²) >= 11 is 6.01. The van der Waals surface area contributed by atoms with Crippen LogP contribution in [0.2, 0.25) is 5.02 Å². The molecule has 0 aromatic carbocycles. The summed E-state index contributed by atoms with van der Waals surface area (Å²) in [6.07, 6.45) is 8.17. The average Bonchev–Trinajstić information content (AvgIpc) is 2.42. The SMILES string of the molecule is NCC1(C(=O)Nc2cnccc2Cl)CCCCC1. The number of hydrogen-bond acceptors (Lipinski definition) is 3. The number of nitrogens with one attached hydrogen (secondary N) is 1. The molecule has 1 aliphatic carbocycles. The van der Waals surface area contributed by atoms with E-state index in [0.717, 1.165) is 25.7 Å². The van der Waals surface area contributed by atoms with E-state index < -0.39 is 5.41 Å². The highest BCUT2D eigenvalue weighted by Crippen LogP contribution is 2.36. The molecule has 1 aromatic heterocycles. The Hall–Kier alpha value is -1.13. The maximum atomic E-state index is 12.4. The first-order chi connectivity index (χ1) is 8.68. The largest absolute Gasteiger partial charge is 0.329 e. The number of anilines is 1. The van der Waals surface area contributed by atoms with Crippen LogP contribution in [0.5, 0.6) is 0 Å². The molecule has 1 fully saturated rings. The second kappa shape index (κ2) is 5.67. The number of halogens is 1. The van der Waals surface area contributed by atoms with Gasteiger partial charge in [0.1, 0.15) is 0 Å². The molecule has 2 rings (SSSR count). The molecule has 0 radical (unpaired) electrons. The van der Waals surface area contributed by atoms with Crippen LogP contribution >= 0.6 is 11.6 Å². The molecular weight excluding hydrogens is 250 g/mol. The van der Waals surface area contributed by atoms with Crippen LogP contribution in [0.3, 0.4) is 0 Å². The molecule has 0 aliphatic heterocycles. The third-order valence-electron chi connectivity index (χ3n) is 3.70. The summed E-state index contributed by atoms with van der Waals surface area (Å²) in [6, 6.07) is 1.66. The number of hydrogen-bond donors (Lipinski definition) is 2. The van der Waals surface area contributed by atoms with Gasteiger partial charge in [-0.3, -0.25) is 9.78 Å². The van der Waals surface area contributed by atoms with Gasteiger partial charge in [-0.25, -0.2) is 0 Å². The molecule has 1 aliphatic rings. The first-order valence-electron chi connectivity index (χ1n) is 6.29. The van der Waals surface area contributed by atoms with E-state index >= 15 is 0 Å². The first kappa shape index (κ1) is 13.3. The number of aromatic nitrogens is 1. The van der Waals surface area contributed by atoms with Crippen molar-refractivity contribution < 1.29 is 4.79 Å². The van der Waals surface area contributed by atoms with E-state index in [2.05, 4.69) is 10.3 Å². The van der Waals surface area contributed by atoms with Crippen LogP contribution in [0.4, 0.5) is 5.69 Å². The molecule has 3 N–H and O–H groups in total. The normalized spacial score (nSPS) is 18.3. The van der Waals surface area contributed by atoms with Gasteiger partial charge in [-0.05, 0) is 18.9 Å². The second-order valence-electron chi connectivity index (χ2n) is 4.85. The van der Waals surface area contributed by atoms with Gasteiger partial charge in [0.2, 0.25) is 5.91 Å². The van der Waals surface area contributed by atoms with Gasteiger partial charge in [0.05, 0.1) is 22.3 Å². The van der Waals surface area contributed by atoms with E-state index in [4.69, 9.17) is 17.3 Å². The molecule has 1 saturated carbocycles. The fourth-order valence-electron chi connectivity index (χ4n) is 2.48. The second-order valence-corrected chi connectivity index (χ2v) is 5.26. The van der Waals surface area contributed by atoms with E-state index in [0.29, 0.717) is 17.3 Å². The first-order valence-corrected chi connectivity index (χ1v) is 6.67. The summed E-state index contributed by atoms with van der Waals surface area (Å²) in [7, 11) is 0. The Kier molecular flexibility index (Phi) is 4.19. The Morgan fingerprint density at radius 2 is 2.17 bits per heavy atom. The molecule has 1 aromatic rings. The van der Waals surface area contributed by atoms with Crippen LogP contribution in [0.25, 0.3) is 0 Å². The lowest BCUT2D eigenvalue weighted by atomic mass is 9.73. The smallest absolute Gasteiger partial charge is 0.231 e. The number of carbonyl (C=O) groups excluding carboxylic acids is 1. The standard InChI is InChI=1S/C13H18ClN3O/c14-10-4-7-16-8-11(10)17-12(18)13(9-15)5-2-1-3-6-13/h4,7-8H,1-3,5-6,9,15H2,(H,17,18). The minimum Gasteiger partial charge on any atom is -0.329 e. The van der Waals surface area contributed by atoms with Crippen molar-refractivity contribution in [2.24, 2.45) is 11.1 Å². The molecule has 1 heterocycles. The number of nitrogens with two attached hydrogens (primary N) is 1. The maximum Gasteiger partial charge on any atom is 0.231 e. The molecule has 18 heavy (non-hydrogen) atoms. The Balaban J connectivity index is 2.13. The number of pyridine rings is 1. The Morgan fingerprint density at radius 1 is 1.44 bits per heavy atom. The van der Waals surface area contributed by atoms with Gasteiger partial charge < -0.3 is 11.1 Å². The summed E-state index contributed by atoms with van der Waals surface area (Å²) in [5.41, 5.74) is 5.95. The highest BCUT2D eigenvalue weighted by molar-refractivity contribution is 6.33. The maximum absolute atomic E-state index is 12.4. The van der Waals surface area contributed by atoms with Crippen molar-refractivity contribution in [1.82, 2.24) is 4.98 Å². The molecule has 0 saturated heterocycles. The lowest BCUT2D eigenvalue weighted by molar-refractivity contribution is -0.126. The van der Waals surface area contributed by atoms with E-state index in [1.54, 1.807) is 18.5 Å². The number of rotatable bonds is 3. The summed E-state index contributed by atoms with van der Waals surface area (Å²) in [5, 5.41) is 3.36. The Morgan fingerprint density at radius 3 is 2.78 bits per heavy atom. The van der Waals surface area contributed by atoms with Gasteiger partial charge in [0, 0.05) is 12.7 Å². The van der Waals surface area contributed by atoms with Crippen molar-refractivity contribution in [1.29, 1.82) is 0 Å². The molecule has 5 heteroatoms. The van der Waals surface area contributed by atoms with Crippen LogP contribution in [0, 0.1) is 5.41 Å². The zero-order valence-electron chi connectivity index (χ0n) is 10.3. The molecule has 0 bridgehead atoms. The summed E-state index contributed by atoms with van der Waals surface area (Å²) in [5.74, 6) is -0.0281. The van der Waals surface area contributed by atoms with E-state index in [-0.39, 0.29) is 5.91 Å². The molecule has 4 nitrogen and oxygen atoms in total.